The molecule has 8 heteroatoms. The maximum absolute atomic E-state index is 12.5. The fraction of sp³-hybridized carbons (Fsp3) is 0.240. The molecule has 7 nitrogen and oxygen atoms in total. The maximum Gasteiger partial charge on any atom is 0.234 e. The highest BCUT2D eigenvalue weighted by Gasteiger charge is 2.15. The van der Waals surface area contributed by atoms with E-state index in [-0.39, 0.29) is 23.7 Å². The van der Waals surface area contributed by atoms with Crippen molar-refractivity contribution >= 4 is 34.1 Å². The average molecular weight is 462 g/mol. The van der Waals surface area contributed by atoms with Gasteiger partial charge in [-0.2, -0.15) is 0 Å². The second-order valence-electron chi connectivity index (χ2n) is 8.70. The summed E-state index contributed by atoms with van der Waals surface area (Å²) < 4.78 is 7.17. The molecule has 0 saturated carbocycles. The third-order valence-electron chi connectivity index (χ3n) is 5.22. The summed E-state index contributed by atoms with van der Waals surface area (Å²) in [6, 6.07) is 21.7. The summed E-state index contributed by atoms with van der Waals surface area (Å²) >= 11 is 1.22. The molecule has 1 amide bonds. The predicted molar refractivity (Wildman–Crippen MR) is 133 cm³/mol. The first-order valence-electron chi connectivity index (χ1n) is 10.6. The highest BCUT2D eigenvalue weighted by molar-refractivity contribution is 7.99. The average Bonchev–Trinajstić information content (AvgIpc) is 3.15. The van der Waals surface area contributed by atoms with E-state index in [0.29, 0.717) is 11.0 Å². The third kappa shape index (κ3) is 5.46. The zero-order valence-corrected chi connectivity index (χ0v) is 19.7. The number of carbonyl (C=O) groups excluding carboxylic acids is 1. The molecule has 4 rings (SSSR count). The molecule has 4 aromatic rings. The minimum atomic E-state index is -0.143. The number of amides is 1. The molecule has 1 aromatic heterocycles. The monoisotopic (exact) mass is 461 g/mol. The molecule has 0 aliphatic rings. The SMILES string of the molecule is CC(C)(C)c1ccc(OCc2nnc(SCC(=O)Nc3cccc4ccccc34)n2N)cc1. The lowest BCUT2D eigenvalue weighted by molar-refractivity contribution is -0.113. The fourth-order valence-corrected chi connectivity index (χ4v) is 4.03. The van der Waals surface area contributed by atoms with Crippen molar-refractivity contribution in [3.05, 3.63) is 78.1 Å². The molecule has 0 saturated heterocycles. The van der Waals surface area contributed by atoms with E-state index < -0.39 is 0 Å². The van der Waals surface area contributed by atoms with Gasteiger partial charge in [0.2, 0.25) is 11.1 Å². The van der Waals surface area contributed by atoms with Crippen LogP contribution in [0.2, 0.25) is 0 Å². The van der Waals surface area contributed by atoms with Crippen molar-refractivity contribution in [3.8, 4) is 5.75 Å². The van der Waals surface area contributed by atoms with Crippen LogP contribution in [0.3, 0.4) is 0 Å². The van der Waals surface area contributed by atoms with Crippen LogP contribution in [-0.2, 0) is 16.8 Å². The Balaban J connectivity index is 1.33. The number of benzene rings is 3. The first-order chi connectivity index (χ1) is 15.8. The van der Waals surface area contributed by atoms with Crippen LogP contribution in [0.5, 0.6) is 5.75 Å². The Kier molecular flexibility index (Phi) is 6.55. The van der Waals surface area contributed by atoms with Gasteiger partial charge in [-0.3, -0.25) is 4.79 Å². The van der Waals surface area contributed by atoms with E-state index in [2.05, 4.69) is 48.4 Å². The molecule has 0 aliphatic heterocycles. The molecule has 3 N–H and O–H groups in total. The second-order valence-corrected chi connectivity index (χ2v) is 9.64. The number of thioether (sulfide) groups is 1. The van der Waals surface area contributed by atoms with Crippen LogP contribution in [-0.4, -0.2) is 26.5 Å². The summed E-state index contributed by atoms with van der Waals surface area (Å²) in [5.41, 5.74) is 2.10. The molecule has 1 heterocycles. The first kappa shape index (κ1) is 22.7. The number of aromatic nitrogens is 3. The van der Waals surface area contributed by atoms with E-state index >= 15 is 0 Å². The first-order valence-corrected chi connectivity index (χ1v) is 11.6. The number of fused-ring (bicyclic) bond motifs is 1. The molecule has 0 atom stereocenters. The van der Waals surface area contributed by atoms with Crippen LogP contribution in [0.4, 0.5) is 5.69 Å². The minimum absolute atomic E-state index is 0.0853. The molecular formula is C25H27N5O2S. The summed E-state index contributed by atoms with van der Waals surface area (Å²) in [6.45, 7) is 6.69. The van der Waals surface area contributed by atoms with Gasteiger partial charge in [0.15, 0.2) is 5.82 Å². The normalized spacial score (nSPS) is 11.5. The highest BCUT2D eigenvalue weighted by Crippen LogP contribution is 2.25. The van der Waals surface area contributed by atoms with Crippen LogP contribution < -0.4 is 15.9 Å². The molecular weight excluding hydrogens is 434 g/mol. The van der Waals surface area contributed by atoms with Crippen LogP contribution in [0.15, 0.2) is 71.9 Å². The largest absolute Gasteiger partial charge is 0.486 e. The number of anilines is 1. The summed E-state index contributed by atoms with van der Waals surface area (Å²) in [5, 5.41) is 13.7. The Hall–Kier alpha value is -3.52. The molecule has 3 aromatic carbocycles. The number of hydrogen-bond acceptors (Lipinski definition) is 6. The highest BCUT2D eigenvalue weighted by atomic mass is 32.2. The Morgan fingerprint density at radius 2 is 1.76 bits per heavy atom. The molecule has 0 aliphatic carbocycles. The van der Waals surface area contributed by atoms with E-state index in [1.54, 1.807) is 0 Å². The van der Waals surface area contributed by atoms with Gasteiger partial charge in [0.25, 0.3) is 0 Å². The number of hydrogen-bond donors (Lipinski definition) is 2. The predicted octanol–water partition coefficient (Wildman–Crippen LogP) is 4.75. The Morgan fingerprint density at radius 3 is 2.52 bits per heavy atom. The standard InChI is InChI=1S/C25H27N5O2S/c1-25(2,3)18-11-13-19(14-12-18)32-15-22-28-29-24(30(22)26)33-16-23(31)27-21-10-6-8-17-7-4-5-9-20(17)21/h4-14H,15-16,26H2,1-3H3,(H,27,31). The molecule has 0 unspecified atom stereocenters. The van der Waals surface area contributed by atoms with Crippen molar-refractivity contribution in [2.45, 2.75) is 37.9 Å². The van der Waals surface area contributed by atoms with E-state index in [1.807, 2.05) is 54.6 Å². The smallest absolute Gasteiger partial charge is 0.234 e. The van der Waals surface area contributed by atoms with Crippen molar-refractivity contribution in [2.75, 3.05) is 16.9 Å². The van der Waals surface area contributed by atoms with Crippen molar-refractivity contribution < 1.29 is 9.53 Å². The molecule has 0 bridgehead atoms. The fourth-order valence-electron chi connectivity index (χ4n) is 3.35. The number of rotatable bonds is 7. The van der Waals surface area contributed by atoms with Gasteiger partial charge in [0.1, 0.15) is 12.4 Å². The van der Waals surface area contributed by atoms with E-state index in [4.69, 9.17) is 10.6 Å². The zero-order valence-electron chi connectivity index (χ0n) is 18.9. The van der Waals surface area contributed by atoms with E-state index in [9.17, 15) is 4.79 Å². The van der Waals surface area contributed by atoms with Crippen molar-refractivity contribution in [2.24, 2.45) is 0 Å². The van der Waals surface area contributed by atoms with E-state index in [1.165, 1.54) is 22.0 Å². The molecule has 0 fully saturated rings. The number of nitrogen functional groups attached to an aromatic ring is 1. The second kappa shape index (κ2) is 9.54. The van der Waals surface area contributed by atoms with Crippen molar-refractivity contribution in [3.63, 3.8) is 0 Å². The third-order valence-corrected chi connectivity index (χ3v) is 6.16. The molecule has 0 spiro atoms. The topological polar surface area (TPSA) is 95.1 Å². The van der Waals surface area contributed by atoms with Gasteiger partial charge in [-0.1, -0.05) is 81.1 Å². The van der Waals surface area contributed by atoms with Gasteiger partial charge in [0, 0.05) is 11.1 Å². The minimum Gasteiger partial charge on any atom is -0.486 e. The lowest BCUT2D eigenvalue weighted by Gasteiger charge is -2.19. The quantitative estimate of drug-likeness (QED) is 0.305. The van der Waals surface area contributed by atoms with Crippen molar-refractivity contribution in [1.29, 1.82) is 0 Å². The number of ether oxygens (including phenoxy) is 1. The Bertz CT molecular complexity index is 1260. The van der Waals surface area contributed by atoms with Gasteiger partial charge in [-0.25, -0.2) is 4.68 Å². The summed E-state index contributed by atoms with van der Waals surface area (Å²) in [4.78, 5) is 12.5. The lowest BCUT2D eigenvalue weighted by atomic mass is 9.87. The van der Waals surface area contributed by atoms with Crippen LogP contribution in [0.1, 0.15) is 32.2 Å². The summed E-state index contributed by atoms with van der Waals surface area (Å²) in [5.74, 6) is 7.35. The number of nitrogens with zero attached hydrogens (tertiary/aromatic N) is 3. The van der Waals surface area contributed by atoms with Crippen LogP contribution in [0.25, 0.3) is 10.8 Å². The van der Waals surface area contributed by atoms with Gasteiger partial charge >= 0.3 is 0 Å². The number of nitrogens with one attached hydrogen (secondary N) is 1. The molecule has 33 heavy (non-hydrogen) atoms. The Morgan fingerprint density at radius 1 is 1.03 bits per heavy atom. The van der Waals surface area contributed by atoms with Gasteiger partial charge in [-0.05, 0) is 34.6 Å². The Labute approximate surface area is 197 Å². The van der Waals surface area contributed by atoms with Gasteiger partial charge < -0.3 is 15.9 Å². The molecule has 170 valence electrons. The number of nitrogens with two attached hydrogens (primary N) is 1. The van der Waals surface area contributed by atoms with E-state index in [0.717, 1.165) is 22.2 Å². The summed E-state index contributed by atoms with van der Waals surface area (Å²) in [7, 11) is 0. The number of carbonyl (C=O) groups is 1. The molecule has 0 radical (unpaired) electrons. The van der Waals surface area contributed by atoms with Crippen molar-refractivity contribution in [1.82, 2.24) is 14.9 Å². The zero-order chi connectivity index (χ0) is 23.4. The van der Waals surface area contributed by atoms with Crippen LogP contribution >= 0.6 is 11.8 Å². The summed E-state index contributed by atoms with van der Waals surface area (Å²) in [6.07, 6.45) is 0. The van der Waals surface area contributed by atoms with Crippen LogP contribution in [0, 0.1) is 0 Å². The maximum atomic E-state index is 12.5. The van der Waals surface area contributed by atoms with Gasteiger partial charge in [-0.15, -0.1) is 10.2 Å². The van der Waals surface area contributed by atoms with Gasteiger partial charge in [0.05, 0.1) is 5.75 Å². The lowest BCUT2D eigenvalue weighted by Crippen LogP contribution is -2.18.